The van der Waals surface area contributed by atoms with Crippen LogP contribution in [0.5, 0.6) is 0 Å². The molecule has 3 atom stereocenters. The fraction of sp³-hybridized carbons (Fsp3) is 0.812. The number of amides is 3. The van der Waals surface area contributed by atoms with E-state index >= 15 is 0 Å². The van der Waals surface area contributed by atoms with E-state index in [1.165, 1.54) is 7.05 Å². The molecule has 0 heterocycles. The first-order chi connectivity index (χ1) is 10.4. The number of carbonyl (C=O) groups excluding carboxylic acids is 3. The zero-order valence-corrected chi connectivity index (χ0v) is 15.2. The van der Waals surface area contributed by atoms with Crippen molar-refractivity contribution < 1.29 is 19.6 Å². The zero-order valence-electron chi connectivity index (χ0n) is 15.2. The van der Waals surface area contributed by atoms with Gasteiger partial charge in [-0.1, -0.05) is 41.5 Å². The summed E-state index contributed by atoms with van der Waals surface area (Å²) in [5, 5.41) is 14.1. The normalized spacial score (nSPS) is 15.5. The first kappa shape index (κ1) is 21.4. The van der Waals surface area contributed by atoms with E-state index in [1.54, 1.807) is 12.4 Å². The molecule has 0 aromatic rings. The van der Waals surface area contributed by atoms with Crippen molar-refractivity contribution in [1.82, 2.24) is 16.1 Å². The van der Waals surface area contributed by atoms with Gasteiger partial charge in [0, 0.05) is 18.9 Å². The first-order valence-corrected chi connectivity index (χ1v) is 7.91. The Balaban J connectivity index is 5.35. The van der Waals surface area contributed by atoms with E-state index in [0.717, 1.165) is 0 Å². The van der Waals surface area contributed by atoms with Crippen LogP contribution < -0.4 is 16.1 Å². The van der Waals surface area contributed by atoms with Gasteiger partial charge in [-0.2, -0.15) is 0 Å². The topological polar surface area (TPSA) is 108 Å². The Morgan fingerprint density at radius 1 is 1.00 bits per heavy atom. The summed E-state index contributed by atoms with van der Waals surface area (Å²) < 4.78 is 0. The van der Waals surface area contributed by atoms with Crippen LogP contribution >= 0.6 is 0 Å². The Bertz CT molecular complexity index is 430. The van der Waals surface area contributed by atoms with E-state index in [4.69, 9.17) is 5.21 Å². The third-order valence-corrected chi connectivity index (χ3v) is 3.85. The minimum absolute atomic E-state index is 0.188. The number of carbonyl (C=O) groups is 3. The Kier molecular flexibility index (Phi) is 8.23. The molecule has 0 aliphatic carbocycles. The van der Waals surface area contributed by atoms with Crippen LogP contribution in [-0.2, 0) is 14.4 Å². The van der Waals surface area contributed by atoms with Crippen molar-refractivity contribution in [3.05, 3.63) is 0 Å². The summed E-state index contributed by atoms with van der Waals surface area (Å²) in [4.78, 5) is 36.4. The van der Waals surface area contributed by atoms with E-state index in [2.05, 4.69) is 10.6 Å². The van der Waals surface area contributed by atoms with Gasteiger partial charge in [-0.25, -0.2) is 5.48 Å². The molecule has 0 spiro atoms. The maximum atomic E-state index is 12.7. The average molecular weight is 329 g/mol. The molecular weight excluding hydrogens is 298 g/mol. The van der Waals surface area contributed by atoms with Gasteiger partial charge in [0.15, 0.2) is 0 Å². The Morgan fingerprint density at radius 3 is 1.87 bits per heavy atom. The van der Waals surface area contributed by atoms with Crippen molar-refractivity contribution in [2.75, 3.05) is 7.05 Å². The van der Waals surface area contributed by atoms with E-state index < -0.39 is 29.2 Å². The lowest BCUT2D eigenvalue weighted by molar-refractivity contribution is -0.141. The lowest BCUT2D eigenvalue weighted by Gasteiger charge is -2.32. The SMILES string of the molecule is CNC(=O)[C@@H](NC(=O)[C@H](CC(C)C)[C@H](C)C(=O)NO)C(C)(C)C. The molecule has 0 aromatic carbocycles. The Morgan fingerprint density at radius 2 is 1.52 bits per heavy atom. The number of hydrogen-bond donors (Lipinski definition) is 4. The molecule has 7 nitrogen and oxygen atoms in total. The number of hydroxylamine groups is 1. The average Bonchev–Trinajstić information content (AvgIpc) is 2.46. The van der Waals surface area contributed by atoms with Gasteiger partial charge in [0.05, 0.1) is 0 Å². The van der Waals surface area contributed by atoms with Gasteiger partial charge in [-0.3, -0.25) is 19.6 Å². The molecule has 23 heavy (non-hydrogen) atoms. The predicted molar refractivity (Wildman–Crippen MR) is 87.5 cm³/mol. The fourth-order valence-corrected chi connectivity index (χ4v) is 2.40. The van der Waals surface area contributed by atoms with Gasteiger partial charge in [0.1, 0.15) is 6.04 Å². The van der Waals surface area contributed by atoms with Gasteiger partial charge in [0.2, 0.25) is 17.7 Å². The molecule has 0 saturated carbocycles. The molecule has 0 saturated heterocycles. The van der Waals surface area contributed by atoms with Crippen LogP contribution in [0.15, 0.2) is 0 Å². The summed E-state index contributed by atoms with van der Waals surface area (Å²) in [6.07, 6.45) is 0.477. The summed E-state index contributed by atoms with van der Waals surface area (Å²) in [5.41, 5.74) is 1.12. The van der Waals surface area contributed by atoms with Crippen LogP contribution in [0, 0.1) is 23.2 Å². The fourth-order valence-electron chi connectivity index (χ4n) is 2.40. The lowest BCUT2D eigenvalue weighted by atomic mass is 9.82. The molecule has 0 aliphatic heterocycles. The first-order valence-electron chi connectivity index (χ1n) is 7.91. The van der Waals surface area contributed by atoms with Crippen molar-refractivity contribution in [3.63, 3.8) is 0 Å². The Hall–Kier alpha value is -1.63. The van der Waals surface area contributed by atoms with Crippen LogP contribution in [0.25, 0.3) is 0 Å². The molecule has 0 aliphatic rings. The highest BCUT2D eigenvalue weighted by molar-refractivity contribution is 5.91. The van der Waals surface area contributed by atoms with Crippen molar-refractivity contribution in [1.29, 1.82) is 0 Å². The second kappa shape index (κ2) is 8.86. The summed E-state index contributed by atoms with van der Waals surface area (Å²) >= 11 is 0. The third kappa shape index (κ3) is 6.56. The van der Waals surface area contributed by atoms with Crippen LogP contribution in [0.1, 0.15) is 48.0 Å². The van der Waals surface area contributed by atoms with Crippen molar-refractivity contribution in [2.45, 2.75) is 54.0 Å². The van der Waals surface area contributed by atoms with Crippen molar-refractivity contribution in [3.8, 4) is 0 Å². The van der Waals surface area contributed by atoms with E-state index in [1.807, 2.05) is 34.6 Å². The summed E-state index contributed by atoms with van der Waals surface area (Å²) in [5.74, 6) is -2.40. The standard InChI is InChI=1S/C16H31N3O4/c1-9(2)8-11(10(3)13(20)19-23)14(21)18-12(15(22)17-7)16(4,5)6/h9-12,23H,8H2,1-7H3,(H,17,22)(H,18,21)(H,19,20)/t10-,11+,12+/m0/s1. The van der Waals surface area contributed by atoms with E-state index in [-0.39, 0.29) is 17.7 Å². The molecule has 0 radical (unpaired) electrons. The number of hydrogen-bond acceptors (Lipinski definition) is 4. The number of likely N-dealkylation sites (N-methyl/N-ethyl adjacent to an activating group) is 1. The highest BCUT2D eigenvalue weighted by atomic mass is 16.5. The van der Waals surface area contributed by atoms with Gasteiger partial charge >= 0.3 is 0 Å². The number of nitrogens with one attached hydrogen (secondary N) is 3. The molecular formula is C16H31N3O4. The largest absolute Gasteiger partial charge is 0.357 e. The van der Waals surface area contributed by atoms with Crippen LogP contribution in [0.2, 0.25) is 0 Å². The van der Waals surface area contributed by atoms with Crippen molar-refractivity contribution in [2.24, 2.45) is 23.2 Å². The smallest absolute Gasteiger partial charge is 0.246 e. The van der Waals surface area contributed by atoms with Crippen molar-refractivity contribution >= 4 is 17.7 Å². The molecule has 0 fully saturated rings. The molecule has 0 rings (SSSR count). The zero-order chi connectivity index (χ0) is 18.4. The lowest BCUT2D eigenvalue weighted by Crippen LogP contribution is -2.55. The van der Waals surface area contributed by atoms with Crippen LogP contribution in [0.3, 0.4) is 0 Å². The summed E-state index contributed by atoms with van der Waals surface area (Å²) in [7, 11) is 1.51. The highest BCUT2D eigenvalue weighted by Crippen LogP contribution is 2.24. The molecule has 0 unspecified atom stereocenters. The second-order valence-corrected chi connectivity index (χ2v) is 7.42. The van der Waals surface area contributed by atoms with Gasteiger partial charge in [-0.15, -0.1) is 0 Å². The second-order valence-electron chi connectivity index (χ2n) is 7.42. The maximum Gasteiger partial charge on any atom is 0.246 e. The number of rotatable bonds is 7. The van der Waals surface area contributed by atoms with Crippen LogP contribution in [-0.4, -0.2) is 36.0 Å². The van der Waals surface area contributed by atoms with Gasteiger partial charge in [-0.05, 0) is 17.8 Å². The molecule has 0 bridgehead atoms. The summed E-state index contributed by atoms with van der Waals surface area (Å²) in [6, 6.07) is -0.709. The highest BCUT2D eigenvalue weighted by Gasteiger charge is 2.37. The summed E-state index contributed by atoms with van der Waals surface area (Å²) in [6.45, 7) is 11.1. The quantitative estimate of drug-likeness (QED) is 0.414. The van der Waals surface area contributed by atoms with Gasteiger partial charge in [0.25, 0.3) is 0 Å². The molecule has 4 N–H and O–H groups in total. The maximum absolute atomic E-state index is 12.7. The molecule has 7 heteroatoms. The third-order valence-electron chi connectivity index (χ3n) is 3.85. The van der Waals surface area contributed by atoms with E-state index in [9.17, 15) is 14.4 Å². The minimum Gasteiger partial charge on any atom is -0.357 e. The minimum atomic E-state index is -0.709. The molecule has 3 amide bonds. The molecule has 0 aromatic heterocycles. The van der Waals surface area contributed by atoms with E-state index in [0.29, 0.717) is 6.42 Å². The van der Waals surface area contributed by atoms with Crippen LogP contribution in [0.4, 0.5) is 0 Å². The Labute approximate surface area is 138 Å². The molecule has 134 valence electrons. The van der Waals surface area contributed by atoms with Gasteiger partial charge < -0.3 is 10.6 Å². The predicted octanol–water partition coefficient (Wildman–Crippen LogP) is 1.07. The monoisotopic (exact) mass is 329 g/mol.